The summed E-state index contributed by atoms with van der Waals surface area (Å²) >= 11 is 6.48. The molecule has 7 heteroatoms. The molecule has 1 N–H and O–H groups in total. The van der Waals surface area contributed by atoms with Crippen LogP contribution in [0.15, 0.2) is 24.7 Å². The van der Waals surface area contributed by atoms with Crippen LogP contribution in [0.25, 0.3) is 11.3 Å². The number of rotatable bonds is 6. The Bertz CT molecular complexity index is 806. The van der Waals surface area contributed by atoms with Gasteiger partial charge in [0.1, 0.15) is 11.6 Å². The van der Waals surface area contributed by atoms with Crippen LogP contribution in [-0.4, -0.2) is 47.8 Å². The topological polar surface area (TPSA) is 63.2 Å². The molecule has 2 aliphatic rings. The van der Waals surface area contributed by atoms with Crippen molar-refractivity contribution in [2.75, 3.05) is 37.0 Å². The van der Waals surface area contributed by atoms with Crippen LogP contribution in [0.1, 0.15) is 44.9 Å². The molecular formula is C22H30ClN5O. The van der Waals surface area contributed by atoms with Crippen LogP contribution in [0.2, 0.25) is 5.02 Å². The van der Waals surface area contributed by atoms with Crippen molar-refractivity contribution in [3.63, 3.8) is 0 Å². The van der Waals surface area contributed by atoms with Gasteiger partial charge in [-0.05, 0) is 37.7 Å². The molecule has 0 radical (unpaired) electrons. The Kier molecular flexibility index (Phi) is 6.82. The Morgan fingerprint density at radius 3 is 2.69 bits per heavy atom. The standard InChI is InChI=1S/C22H30ClN5O/c1-28(15-16-7-9-29-10-8-16)22-14-24-13-20(27-22)18-11-21(25-12-19(18)23)26-17-5-3-2-4-6-17/h11-14,16-17H,2-10,15H2,1H3,(H,25,26). The van der Waals surface area contributed by atoms with E-state index < -0.39 is 0 Å². The highest BCUT2D eigenvalue weighted by atomic mass is 35.5. The minimum Gasteiger partial charge on any atom is -0.381 e. The van der Waals surface area contributed by atoms with Gasteiger partial charge in [0.2, 0.25) is 0 Å². The molecule has 3 heterocycles. The molecule has 2 aromatic rings. The fraction of sp³-hybridized carbons (Fsp3) is 0.591. The molecule has 1 aliphatic carbocycles. The zero-order valence-electron chi connectivity index (χ0n) is 17.1. The second kappa shape index (κ2) is 9.72. The number of ether oxygens (including phenoxy) is 1. The fourth-order valence-electron chi connectivity index (χ4n) is 4.25. The summed E-state index contributed by atoms with van der Waals surface area (Å²) in [5.41, 5.74) is 1.65. The summed E-state index contributed by atoms with van der Waals surface area (Å²) in [5.74, 6) is 2.36. The first kappa shape index (κ1) is 20.4. The molecule has 0 spiro atoms. The van der Waals surface area contributed by atoms with Gasteiger partial charge in [0, 0.05) is 44.6 Å². The van der Waals surface area contributed by atoms with Crippen LogP contribution in [0.3, 0.4) is 0 Å². The molecule has 6 nitrogen and oxygen atoms in total. The van der Waals surface area contributed by atoms with Gasteiger partial charge in [-0.3, -0.25) is 4.98 Å². The number of pyridine rings is 1. The third-order valence-corrected chi connectivity index (χ3v) is 6.28. The lowest BCUT2D eigenvalue weighted by Gasteiger charge is -2.27. The van der Waals surface area contributed by atoms with E-state index in [1.807, 2.05) is 12.3 Å². The predicted octanol–water partition coefficient (Wildman–Crippen LogP) is 4.80. The van der Waals surface area contributed by atoms with Crippen LogP contribution in [0.4, 0.5) is 11.6 Å². The molecule has 0 atom stereocenters. The largest absolute Gasteiger partial charge is 0.381 e. The lowest BCUT2D eigenvalue weighted by Crippen LogP contribution is -2.30. The molecule has 0 aromatic carbocycles. The molecule has 1 aliphatic heterocycles. The van der Waals surface area contributed by atoms with Crippen molar-refractivity contribution in [1.82, 2.24) is 15.0 Å². The molecule has 2 fully saturated rings. The number of halogens is 1. The van der Waals surface area contributed by atoms with Gasteiger partial charge >= 0.3 is 0 Å². The molecule has 156 valence electrons. The van der Waals surface area contributed by atoms with Crippen LogP contribution < -0.4 is 10.2 Å². The maximum Gasteiger partial charge on any atom is 0.147 e. The summed E-state index contributed by atoms with van der Waals surface area (Å²) in [6.45, 7) is 2.67. The van der Waals surface area contributed by atoms with Crippen LogP contribution in [0.5, 0.6) is 0 Å². The minimum absolute atomic E-state index is 0.494. The Morgan fingerprint density at radius 2 is 1.90 bits per heavy atom. The first-order chi connectivity index (χ1) is 14.2. The molecular weight excluding hydrogens is 386 g/mol. The SMILES string of the molecule is CN(CC1CCOCC1)c1cncc(-c2cc(NC3CCCCC3)ncc2Cl)n1. The predicted molar refractivity (Wildman–Crippen MR) is 118 cm³/mol. The molecule has 0 amide bonds. The number of anilines is 2. The number of nitrogens with one attached hydrogen (secondary N) is 1. The van der Waals surface area contributed by atoms with Gasteiger partial charge in [-0.1, -0.05) is 30.9 Å². The van der Waals surface area contributed by atoms with E-state index in [9.17, 15) is 0 Å². The van der Waals surface area contributed by atoms with E-state index >= 15 is 0 Å². The number of hydrogen-bond donors (Lipinski definition) is 1. The van der Waals surface area contributed by atoms with Gasteiger partial charge in [-0.15, -0.1) is 0 Å². The van der Waals surface area contributed by atoms with Crippen molar-refractivity contribution in [3.8, 4) is 11.3 Å². The van der Waals surface area contributed by atoms with Crippen LogP contribution >= 0.6 is 11.6 Å². The summed E-state index contributed by atoms with van der Waals surface area (Å²) in [7, 11) is 2.08. The molecule has 1 saturated heterocycles. The van der Waals surface area contributed by atoms with E-state index in [4.69, 9.17) is 21.3 Å². The third kappa shape index (κ3) is 5.37. The Morgan fingerprint density at radius 1 is 1.10 bits per heavy atom. The van der Waals surface area contributed by atoms with Crippen LogP contribution in [-0.2, 0) is 4.74 Å². The van der Waals surface area contributed by atoms with Gasteiger partial charge in [0.25, 0.3) is 0 Å². The summed E-state index contributed by atoms with van der Waals surface area (Å²) in [6.07, 6.45) is 13.8. The van der Waals surface area contributed by atoms with Gasteiger partial charge in [-0.2, -0.15) is 0 Å². The zero-order valence-corrected chi connectivity index (χ0v) is 17.9. The molecule has 29 heavy (non-hydrogen) atoms. The number of nitrogens with zero attached hydrogens (tertiary/aromatic N) is 4. The molecule has 0 bridgehead atoms. The van der Waals surface area contributed by atoms with Crippen molar-refractivity contribution >= 4 is 23.2 Å². The first-order valence-corrected chi connectivity index (χ1v) is 11.1. The second-order valence-corrected chi connectivity index (χ2v) is 8.63. The second-order valence-electron chi connectivity index (χ2n) is 8.23. The lowest BCUT2D eigenvalue weighted by atomic mass is 9.95. The van der Waals surface area contributed by atoms with E-state index in [-0.39, 0.29) is 0 Å². The normalized spacial score (nSPS) is 18.6. The van der Waals surface area contributed by atoms with Gasteiger partial charge < -0.3 is 15.0 Å². The summed E-state index contributed by atoms with van der Waals surface area (Å²) in [6, 6.07) is 2.50. The third-order valence-electron chi connectivity index (χ3n) is 5.97. The highest BCUT2D eigenvalue weighted by molar-refractivity contribution is 6.33. The summed E-state index contributed by atoms with van der Waals surface area (Å²) in [5, 5.41) is 4.16. The quantitative estimate of drug-likeness (QED) is 0.731. The van der Waals surface area contributed by atoms with E-state index in [0.717, 1.165) is 55.5 Å². The van der Waals surface area contributed by atoms with E-state index in [1.54, 1.807) is 12.4 Å². The fourth-order valence-corrected chi connectivity index (χ4v) is 4.45. The summed E-state index contributed by atoms with van der Waals surface area (Å²) in [4.78, 5) is 15.9. The lowest BCUT2D eigenvalue weighted by molar-refractivity contribution is 0.0685. The smallest absolute Gasteiger partial charge is 0.147 e. The van der Waals surface area contributed by atoms with Gasteiger partial charge in [-0.25, -0.2) is 9.97 Å². The van der Waals surface area contributed by atoms with Crippen LogP contribution in [0, 0.1) is 5.92 Å². The number of aromatic nitrogens is 3. The Hall–Kier alpha value is -1.92. The minimum atomic E-state index is 0.494. The monoisotopic (exact) mass is 415 g/mol. The van der Waals surface area contributed by atoms with E-state index in [0.29, 0.717) is 17.0 Å². The van der Waals surface area contributed by atoms with Crippen molar-refractivity contribution in [2.24, 2.45) is 5.92 Å². The average Bonchev–Trinajstić information content (AvgIpc) is 2.76. The summed E-state index contributed by atoms with van der Waals surface area (Å²) < 4.78 is 5.47. The maximum absolute atomic E-state index is 6.48. The van der Waals surface area contributed by atoms with E-state index in [2.05, 4.69) is 27.2 Å². The van der Waals surface area contributed by atoms with E-state index in [1.165, 1.54) is 32.1 Å². The number of hydrogen-bond acceptors (Lipinski definition) is 6. The van der Waals surface area contributed by atoms with Crippen molar-refractivity contribution in [1.29, 1.82) is 0 Å². The van der Waals surface area contributed by atoms with Crippen molar-refractivity contribution in [2.45, 2.75) is 51.0 Å². The van der Waals surface area contributed by atoms with Crippen molar-refractivity contribution < 1.29 is 4.74 Å². The Labute approximate surface area is 178 Å². The zero-order chi connectivity index (χ0) is 20.1. The highest BCUT2D eigenvalue weighted by Crippen LogP contribution is 2.30. The van der Waals surface area contributed by atoms with Gasteiger partial charge in [0.15, 0.2) is 0 Å². The molecule has 2 aromatic heterocycles. The molecule has 0 unspecified atom stereocenters. The average molecular weight is 416 g/mol. The van der Waals surface area contributed by atoms with Crippen molar-refractivity contribution in [3.05, 3.63) is 29.7 Å². The highest BCUT2D eigenvalue weighted by Gasteiger charge is 2.18. The molecule has 1 saturated carbocycles. The Balaban J connectivity index is 1.50. The van der Waals surface area contributed by atoms with Gasteiger partial charge in [0.05, 0.1) is 23.1 Å². The molecule has 4 rings (SSSR count). The first-order valence-electron chi connectivity index (χ1n) is 10.7. The maximum atomic E-state index is 6.48.